The number of aliphatic hydroxyl groups is 1. The van der Waals surface area contributed by atoms with Gasteiger partial charge in [0.15, 0.2) is 0 Å². The second kappa shape index (κ2) is 4.75. The van der Waals surface area contributed by atoms with Crippen LogP contribution in [0.5, 0.6) is 0 Å². The summed E-state index contributed by atoms with van der Waals surface area (Å²) in [4.78, 5) is 10.9. The number of nitrogens with one attached hydrogen (secondary N) is 2. The number of rotatable bonds is 5. The normalized spacial score (nSPS) is 12.7. The first kappa shape index (κ1) is 13.4. The first-order valence-corrected chi connectivity index (χ1v) is 4.88. The van der Waals surface area contributed by atoms with Crippen molar-refractivity contribution < 1.29 is 9.90 Å². The van der Waals surface area contributed by atoms with Crippen LogP contribution in [0.1, 0.15) is 34.1 Å². The lowest BCUT2D eigenvalue weighted by Crippen LogP contribution is -2.56. The van der Waals surface area contributed by atoms with Gasteiger partial charge in [0, 0.05) is 25.6 Å². The number of carbonyl (C=O) groups excluding carboxylic acids is 1. The zero-order valence-electron chi connectivity index (χ0n) is 9.77. The molecule has 0 aliphatic heterocycles. The molecule has 0 rings (SSSR count). The van der Waals surface area contributed by atoms with Gasteiger partial charge < -0.3 is 15.7 Å². The van der Waals surface area contributed by atoms with Crippen molar-refractivity contribution in [2.75, 3.05) is 13.6 Å². The molecular weight excluding hydrogens is 180 g/mol. The molecule has 0 atom stereocenters. The molecule has 0 bridgehead atoms. The second-order valence-electron chi connectivity index (χ2n) is 4.53. The summed E-state index contributed by atoms with van der Waals surface area (Å²) in [5, 5.41) is 15.5. The van der Waals surface area contributed by atoms with Gasteiger partial charge in [-0.05, 0) is 27.7 Å². The quantitative estimate of drug-likeness (QED) is 0.599. The summed E-state index contributed by atoms with van der Waals surface area (Å²) in [6, 6.07) is 0. The Bertz CT molecular complexity index is 195. The third-order valence-electron chi connectivity index (χ3n) is 2.73. The highest BCUT2D eigenvalue weighted by molar-refractivity contribution is 5.75. The van der Waals surface area contributed by atoms with Crippen LogP contribution < -0.4 is 10.6 Å². The molecule has 0 aromatic heterocycles. The molecule has 0 aliphatic carbocycles. The molecule has 0 fully saturated rings. The molecule has 4 nitrogen and oxygen atoms in total. The van der Waals surface area contributed by atoms with Crippen molar-refractivity contribution in [3.05, 3.63) is 0 Å². The van der Waals surface area contributed by atoms with Crippen LogP contribution in [0, 0.1) is 0 Å². The monoisotopic (exact) mass is 202 g/mol. The van der Waals surface area contributed by atoms with Crippen LogP contribution >= 0.6 is 0 Å². The van der Waals surface area contributed by atoms with Gasteiger partial charge in [0.25, 0.3) is 0 Å². The Labute approximate surface area is 86.1 Å². The molecule has 1 amide bonds. The fourth-order valence-electron chi connectivity index (χ4n) is 0.830. The first-order chi connectivity index (χ1) is 6.20. The lowest BCUT2D eigenvalue weighted by Gasteiger charge is -2.38. The van der Waals surface area contributed by atoms with Gasteiger partial charge in [-0.2, -0.15) is 0 Å². The Morgan fingerprint density at radius 2 is 1.79 bits per heavy atom. The lowest BCUT2D eigenvalue weighted by atomic mass is 9.86. The molecule has 0 radical (unpaired) electrons. The maximum atomic E-state index is 10.9. The van der Waals surface area contributed by atoms with E-state index in [-0.39, 0.29) is 5.91 Å². The topological polar surface area (TPSA) is 61.4 Å². The summed E-state index contributed by atoms with van der Waals surface area (Å²) < 4.78 is 0. The van der Waals surface area contributed by atoms with Gasteiger partial charge >= 0.3 is 0 Å². The van der Waals surface area contributed by atoms with E-state index < -0.39 is 11.1 Å². The number of amides is 1. The maximum Gasteiger partial charge on any atom is 0.221 e. The molecule has 84 valence electrons. The minimum Gasteiger partial charge on any atom is -0.389 e. The molecule has 0 aromatic rings. The Morgan fingerprint density at radius 3 is 2.14 bits per heavy atom. The summed E-state index contributed by atoms with van der Waals surface area (Å²) in [6.45, 7) is 7.89. The highest BCUT2D eigenvalue weighted by atomic mass is 16.3. The van der Waals surface area contributed by atoms with E-state index >= 15 is 0 Å². The molecule has 14 heavy (non-hydrogen) atoms. The Kier molecular flexibility index (Phi) is 4.55. The lowest BCUT2D eigenvalue weighted by molar-refractivity contribution is -0.120. The molecule has 0 heterocycles. The van der Waals surface area contributed by atoms with Crippen LogP contribution in [-0.4, -0.2) is 35.7 Å². The van der Waals surface area contributed by atoms with E-state index in [0.717, 1.165) is 0 Å². The highest BCUT2D eigenvalue weighted by Crippen LogP contribution is 2.19. The molecule has 0 spiro atoms. The first-order valence-electron chi connectivity index (χ1n) is 4.88. The second-order valence-corrected chi connectivity index (χ2v) is 4.53. The van der Waals surface area contributed by atoms with E-state index in [1.54, 1.807) is 20.9 Å². The smallest absolute Gasteiger partial charge is 0.221 e. The van der Waals surface area contributed by atoms with Gasteiger partial charge in [-0.1, -0.05) is 0 Å². The minimum absolute atomic E-state index is 0.00375. The molecule has 0 saturated carbocycles. The zero-order chi connectivity index (χ0) is 11.4. The van der Waals surface area contributed by atoms with Crippen LogP contribution in [0.4, 0.5) is 0 Å². The van der Waals surface area contributed by atoms with Crippen molar-refractivity contribution in [2.24, 2.45) is 0 Å². The van der Waals surface area contributed by atoms with Crippen molar-refractivity contribution in [2.45, 2.75) is 45.3 Å². The summed E-state index contributed by atoms with van der Waals surface area (Å²) in [5.41, 5.74) is -1.21. The van der Waals surface area contributed by atoms with Gasteiger partial charge in [0.1, 0.15) is 0 Å². The summed E-state index contributed by atoms with van der Waals surface area (Å²) in [5.74, 6) is 0.00375. The van der Waals surface area contributed by atoms with Gasteiger partial charge in [0.05, 0.1) is 5.60 Å². The third-order valence-corrected chi connectivity index (χ3v) is 2.73. The van der Waals surface area contributed by atoms with Crippen molar-refractivity contribution in [3.8, 4) is 0 Å². The van der Waals surface area contributed by atoms with E-state index in [2.05, 4.69) is 10.6 Å². The summed E-state index contributed by atoms with van der Waals surface area (Å²) in [7, 11) is 1.61. The fourth-order valence-corrected chi connectivity index (χ4v) is 0.830. The van der Waals surface area contributed by atoms with Gasteiger partial charge in [-0.15, -0.1) is 0 Å². The van der Waals surface area contributed by atoms with E-state index in [0.29, 0.717) is 13.0 Å². The van der Waals surface area contributed by atoms with Crippen LogP contribution in [0.15, 0.2) is 0 Å². The summed E-state index contributed by atoms with van der Waals surface area (Å²) in [6.07, 6.45) is 0.427. The predicted octanol–water partition coefficient (Wildman–Crippen LogP) is 0.262. The molecule has 0 aromatic carbocycles. The van der Waals surface area contributed by atoms with Crippen LogP contribution in [0.3, 0.4) is 0 Å². The third kappa shape index (κ3) is 4.07. The average Bonchev–Trinajstić information content (AvgIpc) is 2.01. The van der Waals surface area contributed by atoms with Gasteiger partial charge in [0.2, 0.25) is 5.91 Å². The average molecular weight is 202 g/mol. The predicted molar refractivity (Wildman–Crippen MR) is 57.1 cm³/mol. The van der Waals surface area contributed by atoms with Gasteiger partial charge in [-0.25, -0.2) is 0 Å². The Balaban J connectivity index is 3.95. The van der Waals surface area contributed by atoms with Crippen molar-refractivity contribution in [3.63, 3.8) is 0 Å². The Hall–Kier alpha value is -0.610. The van der Waals surface area contributed by atoms with Crippen molar-refractivity contribution in [1.29, 1.82) is 0 Å². The molecule has 0 saturated heterocycles. The molecular formula is C10H22N2O2. The van der Waals surface area contributed by atoms with E-state index in [4.69, 9.17) is 0 Å². The number of hydrogen-bond donors (Lipinski definition) is 3. The molecule has 0 unspecified atom stereocenters. The van der Waals surface area contributed by atoms with E-state index in [1.807, 2.05) is 13.8 Å². The number of carbonyl (C=O) groups is 1. The Morgan fingerprint density at radius 1 is 1.29 bits per heavy atom. The van der Waals surface area contributed by atoms with Gasteiger partial charge in [-0.3, -0.25) is 4.79 Å². The summed E-state index contributed by atoms with van der Waals surface area (Å²) >= 11 is 0. The standard InChI is InChI=1S/C10H22N2O2/c1-9(2,10(3,4)14)12-7-6-8(13)11-5/h12,14H,6-7H2,1-5H3,(H,11,13). The van der Waals surface area contributed by atoms with Crippen molar-refractivity contribution in [1.82, 2.24) is 10.6 Å². The van der Waals surface area contributed by atoms with Crippen LogP contribution in [0.25, 0.3) is 0 Å². The molecule has 0 aliphatic rings. The van der Waals surface area contributed by atoms with Crippen molar-refractivity contribution >= 4 is 5.91 Å². The molecule has 3 N–H and O–H groups in total. The zero-order valence-corrected chi connectivity index (χ0v) is 9.77. The maximum absolute atomic E-state index is 10.9. The van der Waals surface area contributed by atoms with Crippen LogP contribution in [-0.2, 0) is 4.79 Å². The van der Waals surface area contributed by atoms with Crippen LogP contribution in [0.2, 0.25) is 0 Å². The largest absolute Gasteiger partial charge is 0.389 e. The SMILES string of the molecule is CNC(=O)CCNC(C)(C)C(C)(C)O. The number of hydrogen-bond acceptors (Lipinski definition) is 3. The minimum atomic E-state index is -0.810. The van der Waals surface area contributed by atoms with E-state index in [1.165, 1.54) is 0 Å². The molecule has 4 heteroatoms. The fraction of sp³-hybridized carbons (Fsp3) is 0.900. The van der Waals surface area contributed by atoms with E-state index in [9.17, 15) is 9.90 Å². The highest BCUT2D eigenvalue weighted by Gasteiger charge is 2.34.